The first-order valence-corrected chi connectivity index (χ1v) is 12.3. The average Bonchev–Trinajstić information content (AvgIpc) is 2.86. The molecule has 0 unspecified atom stereocenters. The van der Waals surface area contributed by atoms with Crippen molar-refractivity contribution in [2.45, 2.75) is 31.2 Å². The van der Waals surface area contributed by atoms with Gasteiger partial charge in [0.15, 0.2) is 17.3 Å². The van der Waals surface area contributed by atoms with Crippen LogP contribution in [0, 0.1) is 5.92 Å². The topological polar surface area (TPSA) is 106 Å². The number of nitrogens with zero attached hydrogens (tertiary/aromatic N) is 3. The van der Waals surface area contributed by atoms with Crippen molar-refractivity contribution >= 4 is 35.1 Å². The standard InChI is InChI=1S/C23H29N5O4S/c1-2-9-24-23(30)16-4-3-10-28(14-16)20-7-8-22(27-26-20)33-15-21(29)25-17-5-6-18-19(13-17)32-12-11-31-18/h5-8,13,16H,2-4,9-12,14-15H2,1H3,(H,24,30)(H,25,29)/t16-/m1/s1. The minimum Gasteiger partial charge on any atom is -0.486 e. The van der Waals surface area contributed by atoms with Crippen LogP contribution in [0.25, 0.3) is 0 Å². The van der Waals surface area contributed by atoms with Crippen LogP contribution in [0.2, 0.25) is 0 Å². The molecule has 2 N–H and O–H groups in total. The van der Waals surface area contributed by atoms with Gasteiger partial charge in [-0.05, 0) is 43.5 Å². The molecular formula is C23H29N5O4S. The highest BCUT2D eigenvalue weighted by Gasteiger charge is 2.26. The number of rotatable bonds is 8. The summed E-state index contributed by atoms with van der Waals surface area (Å²) in [4.78, 5) is 26.8. The number of hydrogen-bond acceptors (Lipinski definition) is 8. The maximum atomic E-state index is 12.3. The third-order valence-electron chi connectivity index (χ3n) is 5.47. The van der Waals surface area contributed by atoms with Gasteiger partial charge in [-0.3, -0.25) is 9.59 Å². The number of carbonyl (C=O) groups excluding carboxylic acids is 2. The summed E-state index contributed by atoms with van der Waals surface area (Å²) >= 11 is 1.32. The van der Waals surface area contributed by atoms with E-state index in [-0.39, 0.29) is 23.5 Å². The van der Waals surface area contributed by atoms with Gasteiger partial charge in [0.1, 0.15) is 18.2 Å². The number of thioether (sulfide) groups is 1. The molecule has 1 atom stereocenters. The number of amides is 2. The van der Waals surface area contributed by atoms with E-state index in [4.69, 9.17) is 9.47 Å². The van der Waals surface area contributed by atoms with E-state index in [1.54, 1.807) is 18.2 Å². The van der Waals surface area contributed by atoms with E-state index in [1.807, 2.05) is 19.1 Å². The molecule has 2 aromatic rings. The third kappa shape index (κ3) is 6.28. The van der Waals surface area contributed by atoms with Gasteiger partial charge in [-0.25, -0.2) is 0 Å². The van der Waals surface area contributed by atoms with E-state index < -0.39 is 0 Å². The van der Waals surface area contributed by atoms with Gasteiger partial charge in [-0.1, -0.05) is 18.7 Å². The molecule has 4 rings (SSSR count). The Kier molecular flexibility index (Phi) is 7.87. The molecular weight excluding hydrogens is 442 g/mol. The lowest BCUT2D eigenvalue weighted by Gasteiger charge is -2.32. The summed E-state index contributed by atoms with van der Waals surface area (Å²) in [5.74, 6) is 2.25. The number of anilines is 2. The van der Waals surface area contributed by atoms with Crippen molar-refractivity contribution < 1.29 is 19.1 Å². The monoisotopic (exact) mass is 471 g/mol. The van der Waals surface area contributed by atoms with Crippen LogP contribution >= 0.6 is 11.8 Å². The van der Waals surface area contributed by atoms with Gasteiger partial charge in [-0.2, -0.15) is 0 Å². The number of piperidine rings is 1. The van der Waals surface area contributed by atoms with Crippen molar-refractivity contribution in [1.82, 2.24) is 15.5 Å². The largest absolute Gasteiger partial charge is 0.486 e. The third-order valence-corrected chi connectivity index (χ3v) is 6.39. The Bertz CT molecular complexity index is 972. The molecule has 2 aliphatic rings. The number of fused-ring (bicyclic) bond motifs is 1. The predicted molar refractivity (Wildman–Crippen MR) is 127 cm³/mol. The molecule has 10 heteroatoms. The molecule has 1 saturated heterocycles. The predicted octanol–water partition coefficient (Wildman–Crippen LogP) is 2.72. The minimum atomic E-state index is -0.139. The second-order valence-corrected chi connectivity index (χ2v) is 9.00. The molecule has 3 heterocycles. The SMILES string of the molecule is CCCNC(=O)[C@@H]1CCCN(c2ccc(SCC(=O)Nc3ccc4c(c3)OCCO4)nn2)C1. The lowest BCUT2D eigenvalue weighted by atomic mass is 9.97. The Morgan fingerprint density at radius 2 is 2.00 bits per heavy atom. The van der Waals surface area contributed by atoms with E-state index in [1.165, 1.54) is 11.8 Å². The highest BCUT2D eigenvalue weighted by molar-refractivity contribution is 7.99. The van der Waals surface area contributed by atoms with Crippen molar-refractivity contribution in [3.63, 3.8) is 0 Å². The minimum absolute atomic E-state index is 0.0228. The van der Waals surface area contributed by atoms with Crippen LogP contribution in [0.4, 0.5) is 11.5 Å². The lowest BCUT2D eigenvalue weighted by Crippen LogP contribution is -2.43. The number of aromatic nitrogens is 2. The Labute approximate surface area is 197 Å². The quantitative estimate of drug-likeness (QED) is 0.566. The first kappa shape index (κ1) is 23.2. The summed E-state index contributed by atoms with van der Waals surface area (Å²) < 4.78 is 11.0. The van der Waals surface area contributed by atoms with Crippen molar-refractivity contribution in [1.29, 1.82) is 0 Å². The van der Waals surface area contributed by atoms with Gasteiger partial charge in [0, 0.05) is 31.4 Å². The second-order valence-electron chi connectivity index (χ2n) is 8.00. The van der Waals surface area contributed by atoms with E-state index in [0.717, 1.165) is 31.6 Å². The summed E-state index contributed by atoms with van der Waals surface area (Å²) in [5, 5.41) is 15.1. The summed E-state index contributed by atoms with van der Waals surface area (Å²) in [6, 6.07) is 9.12. The van der Waals surface area contributed by atoms with Gasteiger partial charge >= 0.3 is 0 Å². The van der Waals surface area contributed by atoms with Gasteiger partial charge < -0.3 is 25.0 Å². The van der Waals surface area contributed by atoms with Crippen LogP contribution < -0.4 is 25.0 Å². The number of hydrogen-bond donors (Lipinski definition) is 2. The highest BCUT2D eigenvalue weighted by Crippen LogP contribution is 2.32. The Balaban J connectivity index is 1.26. The number of carbonyl (C=O) groups is 2. The molecule has 0 bridgehead atoms. The molecule has 1 fully saturated rings. The van der Waals surface area contributed by atoms with Crippen molar-refractivity contribution in [3.05, 3.63) is 30.3 Å². The molecule has 176 valence electrons. The first-order valence-electron chi connectivity index (χ1n) is 11.3. The average molecular weight is 472 g/mol. The van der Waals surface area contributed by atoms with Crippen LogP contribution in [0.3, 0.4) is 0 Å². The maximum Gasteiger partial charge on any atom is 0.234 e. The Hall–Kier alpha value is -3.01. The van der Waals surface area contributed by atoms with E-state index in [2.05, 4.69) is 25.7 Å². The molecule has 0 aliphatic carbocycles. The molecule has 1 aromatic heterocycles. The normalized spacial score (nSPS) is 17.4. The van der Waals surface area contributed by atoms with Crippen LogP contribution in [0.5, 0.6) is 11.5 Å². The Morgan fingerprint density at radius 1 is 1.15 bits per heavy atom. The molecule has 0 radical (unpaired) electrons. The summed E-state index contributed by atoms with van der Waals surface area (Å²) in [6.45, 7) is 5.29. The van der Waals surface area contributed by atoms with E-state index in [0.29, 0.717) is 48.5 Å². The number of ether oxygens (including phenoxy) is 2. The molecule has 9 nitrogen and oxygen atoms in total. The van der Waals surface area contributed by atoms with Gasteiger partial charge in [-0.15, -0.1) is 10.2 Å². The molecule has 2 amide bonds. The summed E-state index contributed by atoms with van der Waals surface area (Å²) in [6.07, 6.45) is 2.77. The first-order chi connectivity index (χ1) is 16.1. The molecule has 2 aliphatic heterocycles. The van der Waals surface area contributed by atoms with Crippen molar-refractivity contribution in [2.24, 2.45) is 5.92 Å². The smallest absolute Gasteiger partial charge is 0.234 e. The lowest BCUT2D eigenvalue weighted by molar-refractivity contribution is -0.125. The Morgan fingerprint density at radius 3 is 2.79 bits per heavy atom. The van der Waals surface area contributed by atoms with Crippen LogP contribution in [0.1, 0.15) is 26.2 Å². The van der Waals surface area contributed by atoms with Crippen LogP contribution in [0.15, 0.2) is 35.4 Å². The molecule has 0 saturated carbocycles. The van der Waals surface area contributed by atoms with E-state index >= 15 is 0 Å². The van der Waals surface area contributed by atoms with Crippen molar-refractivity contribution in [3.8, 4) is 11.5 Å². The van der Waals surface area contributed by atoms with E-state index in [9.17, 15) is 9.59 Å². The molecule has 1 aromatic carbocycles. The van der Waals surface area contributed by atoms with Gasteiger partial charge in [0.25, 0.3) is 0 Å². The molecule has 0 spiro atoms. The zero-order valence-corrected chi connectivity index (χ0v) is 19.5. The summed E-state index contributed by atoms with van der Waals surface area (Å²) in [5.41, 5.74) is 0.661. The van der Waals surface area contributed by atoms with Crippen molar-refractivity contribution in [2.75, 3.05) is 48.8 Å². The maximum absolute atomic E-state index is 12.3. The van der Waals surface area contributed by atoms with Gasteiger partial charge in [0.2, 0.25) is 11.8 Å². The van der Waals surface area contributed by atoms with Crippen LogP contribution in [-0.4, -0.2) is 60.6 Å². The van der Waals surface area contributed by atoms with Gasteiger partial charge in [0.05, 0.1) is 11.7 Å². The number of nitrogens with one attached hydrogen (secondary N) is 2. The fourth-order valence-electron chi connectivity index (χ4n) is 3.81. The zero-order chi connectivity index (χ0) is 23.0. The highest BCUT2D eigenvalue weighted by atomic mass is 32.2. The fraction of sp³-hybridized carbons (Fsp3) is 0.478. The van der Waals surface area contributed by atoms with Crippen LogP contribution in [-0.2, 0) is 9.59 Å². The second kappa shape index (κ2) is 11.2. The number of benzene rings is 1. The molecule has 33 heavy (non-hydrogen) atoms. The summed E-state index contributed by atoms with van der Waals surface area (Å²) in [7, 11) is 0. The fourth-order valence-corrected chi connectivity index (χ4v) is 4.42. The zero-order valence-electron chi connectivity index (χ0n) is 18.7.